The van der Waals surface area contributed by atoms with Crippen molar-refractivity contribution in [3.63, 3.8) is 0 Å². The number of hydrogen-bond acceptors (Lipinski definition) is 5. The first-order chi connectivity index (χ1) is 9.15. The number of aryl methyl sites for hydroxylation is 1. The smallest absolute Gasteiger partial charge is 0.331 e. The van der Waals surface area contributed by atoms with Gasteiger partial charge in [0.25, 0.3) is 5.56 Å². The molecule has 0 unspecified atom stereocenters. The Morgan fingerprint density at radius 2 is 2.21 bits per heavy atom. The van der Waals surface area contributed by atoms with Gasteiger partial charge < -0.3 is 13.8 Å². The molecule has 7 nitrogen and oxygen atoms in total. The van der Waals surface area contributed by atoms with Gasteiger partial charge in [0.1, 0.15) is 12.3 Å². The zero-order chi connectivity index (χ0) is 13.8. The molecule has 0 bridgehead atoms. The van der Waals surface area contributed by atoms with Crippen molar-refractivity contribution in [1.29, 1.82) is 0 Å². The maximum absolute atomic E-state index is 12.0. The molecule has 0 aliphatic rings. The Labute approximate surface area is 109 Å². The highest BCUT2D eigenvalue weighted by atomic mass is 16.5. The highest BCUT2D eigenvalue weighted by molar-refractivity contribution is 5.05. The van der Waals surface area contributed by atoms with Gasteiger partial charge in [-0.1, -0.05) is 5.16 Å². The number of rotatable bonds is 5. The topological polar surface area (TPSA) is 79.3 Å². The fourth-order valence-corrected chi connectivity index (χ4v) is 1.75. The SMILES string of the molecule is CCn1ccc(=O)n(Cc2cc(COC)on2)c1=O. The lowest BCUT2D eigenvalue weighted by Crippen LogP contribution is -2.39. The van der Waals surface area contributed by atoms with Crippen molar-refractivity contribution < 1.29 is 9.26 Å². The number of hydrogen-bond donors (Lipinski definition) is 0. The van der Waals surface area contributed by atoms with Crippen LogP contribution in [0.3, 0.4) is 0 Å². The molecule has 2 aromatic heterocycles. The van der Waals surface area contributed by atoms with Gasteiger partial charge in [-0.2, -0.15) is 0 Å². The monoisotopic (exact) mass is 265 g/mol. The molecule has 0 saturated heterocycles. The van der Waals surface area contributed by atoms with Crippen LogP contribution in [-0.4, -0.2) is 21.4 Å². The molecule has 2 aromatic rings. The minimum Gasteiger partial charge on any atom is -0.377 e. The van der Waals surface area contributed by atoms with E-state index in [0.717, 1.165) is 4.57 Å². The quantitative estimate of drug-likeness (QED) is 0.772. The van der Waals surface area contributed by atoms with E-state index in [0.29, 0.717) is 24.6 Å². The summed E-state index contributed by atoms with van der Waals surface area (Å²) in [6.07, 6.45) is 1.49. The van der Waals surface area contributed by atoms with Gasteiger partial charge in [0, 0.05) is 32.0 Å². The first-order valence-electron chi connectivity index (χ1n) is 5.89. The second-order valence-electron chi connectivity index (χ2n) is 4.03. The van der Waals surface area contributed by atoms with Gasteiger partial charge in [-0.25, -0.2) is 4.79 Å². The maximum atomic E-state index is 12.0. The predicted molar refractivity (Wildman–Crippen MR) is 67.0 cm³/mol. The molecular formula is C12H15N3O4. The summed E-state index contributed by atoms with van der Waals surface area (Å²) in [4.78, 5) is 23.7. The summed E-state index contributed by atoms with van der Waals surface area (Å²) in [5, 5.41) is 3.80. The Morgan fingerprint density at radius 3 is 2.89 bits per heavy atom. The maximum Gasteiger partial charge on any atom is 0.331 e. The summed E-state index contributed by atoms with van der Waals surface area (Å²) >= 11 is 0. The lowest BCUT2D eigenvalue weighted by atomic mass is 10.3. The van der Waals surface area contributed by atoms with E-state index >= 15 is 0 Å². The highest BCUT2D eigenvalue weighted by Crippen LogP contribution is 2.05. The molecule has 0 saturated carbocycles. The molecule has 102 valence electrons. The lowest BCUT2D eigenvalue weighted by Gasteiger charge is -2.05. The third-order valence-corrected chi connectivity index (χ3v) is 2.69. The number of aromatic nitrogens is 3. The van der Waals surface area contributed by atoms with Crippen molar-refractivity contribution in [3.05, 3.63) is 50.6 Å². The number of methoxy groups -OCH3 is 1. The summed E-state index contributed by atoms with van der Waals surface area (Å²) in [5.41, 5.74) is -0.197. The van der Waals surface area contributed by atoms with Crippen molar-refractivity contribution in [3.8, 4) is 0 Å². The first kappa shape index (κ1) is 13.3. The Hall–Kier alpha value is -2.15. The second-order valence-corrected chi connectivity index (χ2v) is 4.03. The summed E-state index contributed by atoms with van der Waals surface area (Å²) < 4.78 is 12.5. The van der Waals surface area contributed by atoms with Crippen LogP contribution in [0.1, 0.15) is 18.4 Å². The lowest BCUT2D eigenvalue weighted by molar-refractivity contribution is 0.155. The van der Waals surface area contributed by atoms with Gasteiger partial charge in [-0.05, 0) is 6.92 Å². The van der Waals surface area contributed by atoms with Crippen LogP contribution in [0.2, 0.25) is 0 Å². The van der Waals surface area contributed by atoms with Crippen LogP contribution in [0.25, 0.3) is 0 Å². The normalized spacial score (nSPS) is 10.8. The highest BCUT2D eigenvalue weighted by Gasteiger charge is 2.09. The summed E-state index contributed by atoms with van der Waals surface area (Å²) in [5.74, 6) is 0.553. The van der Waals surface area contributed by atoms with Gasteiger partial charge in [-0.15, -0.1) is 0 Å². The van der Waals surface area contributed by atoms with Gasteiger partial charge in [0.05, 0.1) is 6.54 Å². The summed E-state index contributed by atoms with van der Waals surface area (Å²) in [6.45, 7) is 2.73. The predicted octanol–water partition coefficient (Wildman–Crippen LogP) is 0.213. The van der Waals surface area contributed by atoms with Crippen LogP contribution in [0.15, 0.2) is 32.4 Å². The molecule has 0 radical (unpaired) electrons. The Kier molecular flexibility index (Phi) is 3.96. The molecule has 2 rings (SSSR count). The molecule has 0 amide bonds. The van der Waals surface area contributed by atoms with Crippen molar-refractivity contribution >= 4 is 0 Å². The third kappa shape index (κ3) is 2.82. The van der Waals surface area contributed by atoms with E-state index in [1.165, 1.54) is 16.8 Å². The largest absolute Gasteiger partial charge is 0.377 e. The van der Waals surface area contributed by atoms with Gasteiger partial charge >= 0.3 is 5.69 Å². The number of nitrogens with zero attached hydrogens (tertiary/aromatic N) is 3. The Balaban J connectivity index is 2.32. The van der Waals surface area contributed by atoms with Gasteiger partial charge in [0.2, 0.25) is 0 Å². The van der Waals surface area contributed by atoms with E-state index in [9.17, 15) is 9.59 Å². The second kappa shape index (κ2) is 5.66. The fourth-order valence-electron chi connectivity index (χ4n) is 1.75. The molecule has 0 spiro atoms. The summed E-state index contributed by atoms with van der Waals surface area (Å²) in [7, 11) is 1.55. The molecule has 0 atom stereocenters. The van der Waals surface area contributed by atoms with Crippen molar-refractivity contribution in [2.24, 2.45) is 0 Å². The van der Waals surface area contributed by atoms with Crippen LogP contribution < -0.4 is 11.2 Å². The summed E-state index contributed by atoms with van der Waals surface area (Å²) in [6, 6.07) is 3.03. The molecular weight excluding hydrogens is 250 g/mol. The van der Waals surface area contributed by atoms with Crippen LogP contribution in [-0.2, 0) is 24.4 Å². The van der Waals surface area contributed by atoms with E-state index in [2.05, 4.69) is 5.16 Å². The molecule has 0 N–H and O–H groups in total. The minimum absolute atomic E-state index is 0.0890. The molecule has 0 aliphatic carbocycles. The first-order valence-corrected chi connectivity index (χ1v) is 5.89. The average molecular weight is 265 g/mol. The van der Waals surface area contributed by atoms with E-state index in [1.807, 2.05) is 6.92 Å². The molecule has 0 fully saturated rings. The van der Waals surface area contributed by atoms with Crippen LogP contribution in [0, 0.1) is 0 Å². The van der Waals surface area contributed by atoms with Crippen molar-refractivity contribution in [2.45, 2.75) is 26.6 Å². The zero-order valence-corrected chi connectivity index (χ0v) is 10.8. The molecule has 7 heteroatoms. The standard InChI is InChI=1S/C12H15N3O4/c1-3-14-5-4-11(16)15(12(14)17)7-9-6-10(8-18-2)19-13-9/h4-6H,3,7-8H2,1-2H3. The minimum atomic E-state index is -0.356. The zero-order valence-electron chi connectivity index (χ0n) is 10.8. The number of ether oxygens (including phenoxy) is 1. The fraction of sp³-hybridized carbons (Fsp3) is 0.417. The molecule has 0 aromatic carbocycles. The third-order valence-electron chi connectivity index (χ3n) is 2.69. The Morgan fingerprint density at radius 1 is 1.42 bits per heavy atom. The van der Waals surface area contributed by atoms with Crippen LogP contribution in [0.5, 0.6) is 0 Å². The average Bonchev–Trinajstić information content (AvgIpc) is 2.83. The van der Waals surface area contributed by atoms with Gasteiger partial charge in [0.15, 0.2) is 5.76 Å². The van der Waals surface area contributed by atoms with E-state index < -0.39 is 0 Å². The van der Waals surface area contributed by atoms with Crippen molar-refractivity contribution in [1.82, 2.24) is 14.3 Å². The van der Waals surface area contributed by atoms with Crippen molar-refractivity contribution in [2.75, 3.05) is 7.11 Å². The Bertz CT molecular complexity index is 668. The molecule has 2 heterocycles. The van der Waals surface area contributed by atoms with Crippen LogP contribution >= 0.6 is 0 Å². The molecule has 0 aliphatic heterocycles. The van der Waals surface area contributed by atoms with E-state index in [-0.39, 0.29) is 17.8 Å². The van der Waals surface area contributed by atoms with E-state index in [1.54, 1.807) is 13.2 Å². The van der Waals surface area contributed by atoms with E-state index in [4.69, 9.17) is 9.26 Å². The van der Waals surface area contributed by atoms with Gasteiger partial charge in [-0.3, -0.25) is 9.36 Å². The molecule has 19 heavy (non-hydrogen) atoms. The van der Waals surface area contributed by atoms with Crippen LogP contribution in [0.4, 0.5) is 0 Å².